The van der Waals surface area contributed by atoms with E-state index in [4.69, 9.17) is 15.6 Å². The predicted molar refractivity (Wildman–Crippen MR) is 97.2 cm³/mol. The maximum Gasteiger partial charge on any atom is 0.345 e. The Hall–Kier alpha value is -3.56. The van der Waals surface area contributed by atoms with Gasteiger partial charge in [-0.1, -0.05) is 40.6 Å². The molecule has 2 aliphatic heterocycles. The quantitative estimate of drug-likeness (QED) is 0.197. The van der Waals surface area contributed by atoms with Crippen LogP contribution in [0.5, 0.6) is 0 Å². The zero-order valence-corrected chi connectivity index (χ0v) is 14.9. The molecule has 3 heterocycles. The Balaban J connectivity index is 1.63. The van der Waals surface area contributed by atoms with Crippen LogP contribution in [0.25, 0.3) is 10.4 Å². The molecule has 0 unspecified atom stereocenters. The van der Waals surface area contributed by atoms with Gasteiger partial charge in [0.25, 0.3) is 0 Å². The van der Waals surface area contributed by atoms with Crippen LogP contribution in [0.15, 0.2) is 46.8 Å². The molecule has 2 aliphatic rings. The van der Waals surface area contributed by atoms with Gasteiger partial charge in [0.05, 0.1) is 24.7 Å². The van der Waals surface area contributed by atoms with Crippen molar-refractivity contribution in [3.63, 3.8) is 0 Å². The van der Waals surface area contributed by atoms with Crippen molar-refractivity contribution in [1.82, 2.24) is 19.7 Å². The van der Waals surface area contributed by atoms with Gasteiger partial charge in [-0.15, -0.1) is 0 Å². The number of carbonyl (C=O) groups excluding carboxylic acids is 1. The van der Waals surface area contributed by atoms with E-state index in [2.05, 4.69) is 20.3 Å². The molecular formula is C17H18N8O3. The van der Waals surface area contributed by atoms with Crippen molar-refractivity contribution in [1.29, 1.82) is 0 Å². The number of carbonyl (C=O) groups is 1. The van der Waals surface area contributed by atoms with E-state index in [-0.39, 0.29) is 25.2 Å². The maximum atomic E-state index is 12.9. The highest BCUT2D eigenvalue weighted by atomic mass is 16.7. The molecule has 2 aromatic rings. The first kappa shape index (κ1) is 17.8. The number of benzene rings is 1. The van der Waals surface area contributed by atoms with Crippen molar-refractivity contribution in [2.45, 2.75) is 25.2 Å². The third kappa shape index (κ3) is 3.02. The molecule has 11 heteroatoms. The van der Waals surface area contributed by atoms with Crippen molar-refractivity contribution in [2.75, 3.05) is 13.1 Å². The van der Waals surface area contributed by atoms with Gasteiger partial charge in [0.15, 0.2) is 0 Å². The van der Waals surface area contributed by atoms with Crippen molar-refractivity contribution in [3.05, 3.63) is 63.8 Å². The Labute approximate surface area is 160 Å². The minimum absolute atomic E-state index is 0.223. The average Bonchev–Trinajstić information content (AvgIpc) is 3.26. The van der Waals surface area contributed by atoms with Gasteiger partial charge in [0.2, 0.25) is 0 Å². The molecule has 4 rings (SSSR count). The van der Waals surface area contributed by atoms with E-state index in [1.807, 2.05) is 30.3 Å². The van der Waals surface area contributed by atoms with E-state index in [1.54, 1.807) is 15.8 Å². The molecule has 1 fully saturated rings. The Morgan fingerprint density at radius 3 is 2.96 bits per heavy atom. The highest BCUT2D eigenvalue weighted by Gasteiger charge is 2.50. The fourth-order valence-corrected chi connectivity index (χ4v) is 3.63. The number of azide groups is 1. The summed E-state index contributed by atoms with van der Waals surface area (Å²) in [5, 5.41) is 21.5. The molecule has 144 valence electrons. The van der Waals surface area contributed by atoms with Gasteiger partial charge in [0.1, 0.15) is 18.7 Å². The smallest absolute Gasteiger partial charge is 0.345 e. The van der Waals surface area contributed by atoms with Crippen molar-refractivity contribution in [2.24, 2.45) is 10.3 Å². The first-order chi connectivity index (χ1) is 13.7. The molecule has 1 aromatic heterocycles. The summed E-state index contributed by atoms with van der Waals surface area (Å²) in [5.41, 5.74) is 11.0. The summed E-state index contributed by atoms with van der Waals surface area (Å²) < 4.78 is 1.67. The molecule has 11 nitrogen and oxygen atoms in total. The highest BCUT2D eigenvalue weighted by Crippen LogP contribution is 2.43. The van der Waals surface area contributed by atoms with Crippen LogP contribution in [0.4, 0.5) is 4.79 Å². The summed E-state index contributed by atoms with van der Waals surface area (Å²) in [6.07, 6.45) is 2.97. The van der Waals surface area contributed by atoms with Crippen LogP contribution in [-0.2, 0) is 18.0 Å². The number of hydrogen-bond acceptors (Lipinski definition) is 6. The van der Waals surface area contributed by atoms with Gasteiger partial charge in [-0.05, 0) is 11.1 Å². The molecule has 0 aliphatic carbocycles. The Morgan fingerprint density at radius 2 is 2.21 bits per heavy atom. The van der Waals surface area contributed by atoms with Gasteiger partial charge < -0.3 is 10.1 Å². The van der Waals surface area contributed by atoms with E-state index in [0.717, 1.165) is 16.8 Å². The van der Waals surface area contributed by atoms with Gasteiger partial charge in [-0.25, -0.2) is 4.79 Å². The van der Waals surface area contributed by atoms with Crippen LogP contribution >= 0.6 is 0 Å². The second kappa shape index (κ2) is 7.59. The molecule has 1 aromatic carbocycles. The van der Waals surface area contributed by atoms with Crippen LogP contribution < -0.4 is 0 Å². The molecule has 1 saturated heterocycles. The van der Waals surface area contributed by atoms with Crippen molar-refractivity contribution in [3.8, 4) is 0 Å². The first-order valence-corrected chi connectivity index (χ1v) is 8.75. The van der Waals surface area contributed by atoms with Crippen molar-refractivity contribution < 1.29 is 14.8 Å². The predicted octanol–water partition coefficient (Wildman–Crippen LogP) is 2.62. The lowest BCUT2D eigenvalue weighted by atomic mass is 9.98. The normalized spacial score (nSPS) is 20.5. The lowest BCUT2D eigenvalue weighted by Crippen LogP contribution is -2.36. The number of hydroxylamine groups is 2. The fraction of sp³-hybridized carbons (Fsp3) is 0.353. The summed E-state index contributed by atoms with van der Waals surface area (Å²) in [6.45, 7) is 1.24. The Kier molecular flexibility index (Phi) is 4.83. The lowest BCUT2D eigenvalue weighted by molar-refractivity contribution is -0.141. The number of fused-ring (bicyclic) bond motifs is 4. The monoisotopic (exact) mass is 382 g/mol. The van der Waals surface area contributed by atoms with E-state index in [9.17, 15) is 4.79 Å². The molecule has 2 atom stereocenters. The van der Waals surface area contributed by atoms with E-state index >= 15 is 0 Å². The third-order valence-electron chi connectivity index (χ3n) is 4.87. The lowest BCUT2D eigenvalue weighted by Gasteiger charge is -2.28. The topological polar surface area (TPSA) is 132 Å². The second-order valence-electron chi connectivity index (χ2n) is 6.41. The summed E-state index contributed by atoms with van der Waals surface area (Å²) in [7, 11) is 0. The summed E-state index contributed by atoms with van der Waals surface area (Å²) in [5.74, 6) is 0. The number of oxime groups is 1. The van der Waals surface area contributed by atoms with Crippen molar-refractivity contribution >= 4 is 12.2 Å². The Bertz CT molecular complexity index is 937. The summed E-state index contributed by atoms with van der Waals surface area (Å²) >= 11 is 0. The summed E-state index contributed by atoms with van der Waals surface area (Å²) in [4.78, 5) is 23.1. The van der Waals surface area contributed by atoms with Crippen LogP contribution in [0, 0.1) is 0 Å². The second-order valence-corrected chi connectivity index (χ2v) is 6.41. The average molecular weight is 382 g/mol. The first-order valence-electron chi connectivity index (χ1n) is 8.75. The SMILES string of the molecule is [N-]=[N+]=NCCn1ncc2c1[C@@H](/C=N/O)N1C[C@@H]2N(OCc2ccccc2)C1=O. The summed E-state index contributed by atoms with van der Waals surface area (Å²) in [6, 6.07) is 8.38. The molecule has 2 bridgehead atoms. The molecule has 1 N–H and O–H groups in total. The largest absolute Gasteiger partial charge is 0.411 e. The molecule has 0 saturated carbocycles. The molecule has 2 amide bonds. The van der Waals surface area contributed by atoms with Gasteiger partial charge in [0, 0.05) is 23.6 Å². The van der Waals surface area contributed by atoms with Gasteiger partial charge >= 0.3 is 6.03 Å². The number of rotatable bonds is 7. The number of amides is 2. The third-order valence-corrected chi connectivity index (χ3v) is 4.87. The van der Waals surface area contributed by atoms with Gasteiger partial charge in [-0.2, -0.15) is 10.2 Å². The Morgan fingerprint density at radius 1 is 1.39 bits per heavy atom. The maximum absolute atomic E-state index is 12.9. The molecule has 28 heavy (non-hydrogen) atoms. The fourth-order valence-electron chi connectivity index (χ4n) is 3.63. The van der Waals surface area contributed by atoms with E-state index in [0.29, 0.717) is 13.1 Å². The molecule has 0 spiro atoms. The minimum Gasteiger partial charge on any atom is -0.411 e. The van der Waals surface area contributed by atoms with E-state index in [1.165, 1.54) is 11.3 Å². The highest BCUT2D eigenvalue weighted by molar-refractivity contribution is 5.83. The van der Waals surface area contributed by atoms with Crippen LogP contribution in [0.2, 0.25) is 0 Å². The number of nitrogens with zero attached hydrogens (tertiary/aromatic N) is 8. The van der Waals surface area contributed by atoms with Crippen LogP contribution in [0.3, 0.4) is 0 Å². The number of aromatic nitrogens is 2. The molecular weight excluding hydrogens is 364 g/mol. The zero-order chi connectivity index (χ0) is 19.5. The van der Waals surface area contributed by atoms with Crippen LogP contribution in [-0.4, -0.2) is 50.3 Å². The van der Waals surface area contributed by atoms with Gasteiger partial charge in [-0.3, -0.25) is 9.52 Å². The zero-order valence-electron chi connectivity index (χ0n) is 14.9. The number of hydrogen-bond donors (Lipinski definition) is 1. The molecule has 0 radical (unpaired) electrons. The minimum atomic E-state index is -0.581. The van der Waals surface area contributed by atoms with E-state index < -0.39 is 6.04 Å². The number of urea groups is 1. The standard InChI is InChI=1S/C17H18N8O3/c18-22-19-6-7-24-16-13(8-20-24)15-10-23(14(16)9-21-27)17(26)25(15)28-11-12-4-2-1-3-5-12/h1-5,8-9,14-15,27H,6-7,10-11H2/b21-9+/t14-,15+/m1/s1. The van der Waals surface area contributed by atoms with Crippen LogP contribution in [0.1, 0.15) is 28.9 Å².